The van der Waals surface area contributed by atoms with E-state index in [-0.39, 0.29) is 0 Å². The number of hydrogen-bond donors (Lipinski definition) is 1. The first-order chi connectivity index (χ1) is 12.1. The van der Waals surface area contributed by atoms with Gasteiger partial charge in [0.2, 0.25) is 0 Å². The van der Waals surface area contributed by atoms with E-state index in [0.717, 1.165) is 37.2 Å². The van der Waals surface area contributed by atoms with E-state index in [0.29, 0.717) is 0 Å². The highest BCUT2D eigenvalue weighted by Gasteiger charge is 2.32. The molecule has 3 aliphatic rings. The maximum absolute atomic E-state index is 6.15. The molecule has 0 spiro atoms. The lowest BCUT2D eigenvalue weighted by Gasteiger charge is -2.25. The summed E-state index contributed by atoms with van der Waals surface area (Å²) in [5.41, 5.74) is 5.65. The zero-order valence-corrected chi connectivity index (χ0v) is 16.7. The fourth-order valence-corrected chi connectivity index (χ4v) is 6.43. The van der Waals surface area contributed by atoms with Gasteiger partial charge in [-0.25, -0.2) is 0 Å². The smallest absolute Gasteiger partial charge is 0.345 e. The third-order valence-electron chi connectivity index (χ3n) is 5.67. The molecule has 5 rings (SSSR count). The Morgan fingerprint density at radius 1 is 0.720 bits per heavy atom. The van der Waals surface area contributed by atoms with Gasteiger partial charge in [0.25, 0.3) is 0 Å². The first-order valence-electron chi connectivity index (χ1n) is 9.14. The average molecular weight is 388 g/mol. The zero-order chi connectivity index (χ0) is 17.0. The van der Waals surface area contributed by atoms with Gasteiger partial charge < -0.3 is 9.05 Å². The van der Waals surface area contributed by atoms with Crippen LogP contribution in [0.25, 0.3) is 11.1 Å². The number of thiol groups is 1. The molecule has 1 heterocycles. The molecular formula is C20H21O2PS2. The molecule has 0 fully saturated rings. The van der Waals surface area contributed by atoms with Crippen LogP contribution in [0.1, 0.15) is 47.9 Å². The minimum Gasteiger partial charge on any atom is -0.428 e. The molecule has 130 valence electrons. The Labute approximate surface area is 159 Å². The fraction of sp³-hybridized carbons (Fsp3) is 0.400. The number of rotatable bonds is 0. The molecule has 2 aromatic rings. The second kappa shape index (κ2) is 6.04. The third kappa shape index (κ3) is 2.74. The highest BCUT2D eigenvalue weighted by atomic mass is 32.9. The van der Waals surface area contributed by atoms with Gasteiger partial charge in [-0.1, -0.05) is 24.4 Å². The van der Waals surface area contributed by atoms with Crippen LogP contribution in [0.15, 0.2) is 24.3 Å². The molecule has 0 unspecified atom stereocenters. The summed E-state index contributed by atoms with van der Waals surface area (Å²) in [4.78, 5) is 0. The predicted octanol–water partition coefficient (Wildman–Crippen LogP) is 6.04. The molecule has 1 aliphatic heterocycles. The van der Waals surface area contributed by atoms with Crippen LogP contribution in [0.5, 0.6) is 11.5 Å². The highest BCUT2D eigenvalue weighted by molar-refractivity contribution is 8.60. The van der Waals surface area contributed by atoms with Crippen LogP contribution < -0.4 is 9.05 Å². The summed E-state index contributed by atoms with van der Waals surface area (Å²) in [6.45, 7) is 0. The molecule has 0 amide bonds. The van der Waals surface area contributed by atoms with Crippen LogP contribution in [0.4, 0.5) is 0 Å². The van der Waals surface area contributed by atoms with Crippen LogP contribution in [-0.4, -0.2) is 0 Å². The highest BCUT2D eigenvalue weighted by Crippen LogP contribution is 2.61. The van der Waals surface area contributed by atoms with Crippen molar-refractivity contribution in [3.63, 3.8) is 0 Å². The van der Waals surface area contributed by atoms with Gasteiger partial charge in [-0.15, -0.1) is 0 Å². The number of aryl methyl sites for hydroxylation is 2. The lowest BCUT2D eigenvalue weighted by Crippen LogP contribution is -2.09. The van der Waals surface area contributed by atoms with E-state index in [1.807, 2.05) is 0 Å². The number of benzene rings is 2. The molecule has 25 heavy (non-hydrogen) atoms. The second-order valence-electron chi connectivity index (χ2n) is 7.22. The number of fused-ring (bicyclic) bond motifs is 7. The Morgan fingerprint density at radius 3 is 1.64 bits per heavy atom. The third-order valence-corrected chi connectivity index (χ3v) is 7.46. The predicted molar refractivity (Wildman–Crippen MR) is 110 cm³/mol. The van der Waals surface area contributed by atoms with Crippen LogP contribution >= 0.6 is 17.9 Å². The molecule has 2 aliphatic carbocycles. The summed E-state index contributed by atoms with van der Waals surface area (Å²) in [5.74, 6) is 1.74. The topological polar surface area (TPSA) is 18.5 Å². The Kier molecular flexibility index (Phi) is 3.92. The molecule has 5 heteroatoms. The molecule has 0 atom stereocenters. The van der Waals surface area contributed by atoms with Crippen molar-refractivity contribution < 1.29 is 9.05 Å². The van der Waals surface area contributed by atoms with Gasteiger partial charge in [-0.05, 0) is 97.6 Å². The summed E-state index contributed by atoms with van der Waals surface area (Å²) in [6.07, 6.45) is 9.56. The molecule has 0 N–H and O–H groups in total. The first kappa shape index (κ1) is 16.2. The van der Waals surface area contributed by atoms with Crippen LogP contribution in [0, 0.1) is 0 Å². The Hall–Kier alpha value is -0.960. The van der Waals surface area contributed by atoms with Gasteiger partial charge in [-0.3, -0.25) is 0 Å². The lowest BCUT2D eigenvalue weighted by atomic mass is 9.80. The minimum absolute atomic E-state index is 0.872. The van der Waals surface area contributed by atoms with Gasteiger partial charge in [0.05, 0.1) is 0 Å². The van der Waals surface area contributed by atoms with Gasteiger partial charge in [0.1, 0.15) is 11.5 Å². The van der Waals surface area contributed by atoms with Gasteiger partial charge in [0, 0.05) is 11.1 Å². The molecular weight excluding hydrogens is 367 g/mol. The van der Waals surface area contributed by atoms with E-state index in [1.54, 1.807) is 0 Å². The average Bonchev–Trinajstić information content (AvgIpc) is 2.73. The van der Waals surface area contributed by atoms with Crippen molar-refractivity contribution in [2.45, 2.75) is 51.4 Å². The summed E-state index contributed by atoms with van der Waals surface area (Å²) >= 11 is 10.1. The van der Waals surface area contributed by atoms with E-state index in [9.17, 15) is 0 Å². The van der Waals surface area contributed by atoms with Gasteiger partial charge in [-0.2, -0.15) is 0 Å². The van der Waals surface area contributed by atoms with Crippen molar-refractivity contribution in [1.29, 1.82) is 0 Å². The van der Waals surface area contributed by atoms with E-state index >= 15 is 0 Å². The maximum Gasteiger partial charge on any atom is 0.345 e. The zero-order valence-electron chi connectivity index (χ0n) is 14.1. The van der Waals surface area contributed by atoms with Crippen molar-refractivity contribution in [3.05, 3.63) is 46.5 Å². The summed E-state index contributed by atoms with van der Waals surface area (Å²) < 4.78 is 12.3. The Balaban J connectivity index is 1.86. The second-order valence-corrected chi connectivity index (χ2v) is 12.4. The summed E-state index contributed by atoms with van der Waals surface area (Å²) in [5, 5.41) is 0. The van der Waals surface area contributed by atoms with Crippen LogP contribution in [0.3, 0.4) is 0 Å². The number of hydrogen-bond acceptors (Lipinski definition) is 3. The van der Waals surface area contributed by atoms with Crippen molar-refractivity contribution in [1.82, 2.24) is 0 Å². The Bertz CT molecular complexity index is 851. The maximum atomic E-state index is 6.15. The standard InChI is InChI=1S/C20H21O2PS2/c24-23(25)21-17-11-9-13-5-1-3-7-15(13)19(17)20-16-8-4-2-6-14(16)10-12-18(20)22-23/h9-12H,1-8H2,(H,24,25). The van der Waals surface area contributed by atoms with Crippen molar-refractivity contribution >= 4 is 29.7 Å². The largest absolute Gasteiger partial charge is 0.428 e. The van der Waals surface area contributed by atoms with E-state index in [1.165, 1.54) is 59.1 Å². The molecule has 0 bridgehead atoms. The molecule has 2 nitrogen and oxygen atoms in total. The van der Waals surface area contributed by atoms with Gasteiger partial charge >= 0.3 is 5.69 Å². The van der Waals surface area contributed by atoms with Crippen LogP contribution in [-0.2, 0) is 37.5 Å². The molecule has 0 radical (unpaired) electrons. The molecule has 0 aromatic heterocycles. The monoisotopic (exact) mass is 388 g/mol. The fourth-order valence-electron chi connectivity index (χ4n) is 4.58. The summed E-state index contributed by atoms with van der Waals surface area (Å²) in [7, 11) is 0. The minimum atomic E-state index is -2.64. The summed E-state index contributed by atoms with van der Waals surface area (Å²) in [6, 6.07) is 8.63. The normalized spacial score (nSPS) is 20.0. The quantitative estimate of drug-likeness (QED) is 0.439. The van der Waals surface area contributed by atoms with Crippen molar-refractivity contribution in [3.8, 4) is 22.6 Å². The Morgan fingerprint density at radius 2 is 1.16 bits per heavy atom. The molecule has 0 saturated heterocycles. The van der Waals surface area contributed by atoms with E-state index < -0.39 is 5.69 Å². The lowest BCUT2D eigenvalue weighted by molar-refractivity contribution is 0.515. The van der Waals surface area contributed by atoms with Gasteiger partial charge in [0.15, 0.2) is 0 Å². The van der Waals surface area contributed by atoms with Crippen LogP contribution in [0.2, 0.25) is 0 Å². The van der Waals surface area contributed by atoms with Crippen molar-refractivity contribution in [2.75, 3.05) is 0 Å². The molecule has 0 saturated carbocycles. The van der Waals surface area contributed by atoms with Crippen molar-refractivity contribution in [2.24, 2.45) is 0 Å². The van der Waals surface area contributed by atoms with E-state index in [2.05, 4.69) is 36.5 Å². The van der Waals surface area contributed by atoms with E-state index in [4.69, 9.17) is 20.9 Å². The first-order valence-corrected chi connectivity index (χ1v) is 12.9. The molecule has 2 aromatic carbocycles. The SMILES string of the molecule is S=P1(S)Oc2ccc3c(c2-c2c(ccc4c2CCCC4)O1)CCCC3.